The minimum absolute atomic E-state index is 0.303. The molecule has 1 saturated carbocycles. The van der Waals surface area contributed by atoms with E-state index in [1.54, 1.807) is 7.11 Å². The van der Waals surface area contributed by atoms with Crippen LogP contribution in [0.5, 0.6) is 5.75 Å². The van der Waals surface area contributed by atoms with Crippen LogP contribution >= 0.6 is 0 Å². The van der Waals surface area contributed by atoms with E-state index in [1.807, 2.05) is 12.4 Å². The number of methoxy groups -OCH3 is 1. The molecule has 2 aliphatic rings. The van der Waals surface area contributed by atoms with E-state index in [4.69, 9.17) is 9.47 Å². The van der Waals surface area contributed by atoms with Gasteiger partial charge in [0.25, 0.3) is 0 Å². The Morgan fingerprint density at radius 3 is 2.89 bits per heavy atom. The zero-order valence-corrected chi connectivity index (χ0v) is 11.5. The minimum atomic E-state index is 0.303. The Hall–Kier alpha value is -1.13. The molecule has 4 nitrogen and oxygen atoms in total. The third-order valence-electron chi connectivity index (χ3n) is 4.34. The van der Waals surface area contributed by atoms with Crippen molar-refractivity contribution in [1.82, 2.24) is 10.3 Å². The van der Waals surface area contributed by atoms with Crippen molar-refractivity contribution in [2.75, 3.05) is 26.9 Å². The zero-order chi connectivity index (χ0) is 13.1. The molecule has 0 unspecified atom stereocenters. The summed E-state index contributed by atoms with van der Waals surface area (Å²) in [7, 11) is 1.76. The van der Waals surface area contributed by atoms with E-state index in [9.17, 15) is 0 Å². The van der Waals surface area contributed by atoms with E-state index in [0.717, 1.165) is 31.9 Å². The van der Waals surface area contributed by atoms with Crippen molar-refractivity contribution < 1.29 is 9.47 Å². The molecule has 1 aliphatic heterocycles. The van der Waals surface area contributed by atoms with Crippen molar-refractivity contribution in [3.63, 3.8) is 0 Å². The average molecular weight is 262 g/mol. The molecule has 0 amide bonds. The quantitative estimate of drug-likeness (QED) is 0.815. The van der Waals surface area contributed by atoms with Gasteiger partial charge in [0.15, 0.2) is 0 Å². The van der Waals surface area contributed by atoms with Crippen molar-refractivity contribution in [1.29, 1.82) is 0 Å². The van der Waals surface area contributed by atoms with Crippen molar-refractivity contribution in [3.8, 4) is 5.75 Å². The fourth-order valence-electron chi connectivity index (χ4n) is 2.61. The minimum Gasteiger partial charge on any atom is -0.490 e. The van der Waals surface area contributed by atoms with Gasteiger partial charge in [-0.25, -0.2) is 0 Å². The summed E-state index contributed by atoms with van der Waals surface area (Å²) >= 11 is 0. The first kappa shape index (κ1) is 12.9. The van der Waals surface area contributed by atoms with Gasteiger partial charge in [-0.2, -0.15) is 0 Å². The van der Waals surface area contributed by atoms with E-state index in [-0.39, 0.29) is 0 Å². The third kappa shape index (κ3) is 2.90. The molecule has 19 heavy (non-hydrogen) atoms. The molecule has 1 atom stereocenters. The molecule has 1 aromatic rings. The fraction of sp³-hybridized carbons (Fsp3) is 0.667. The molecule has 0 aromatic carbocycles. The van der Waals surface area contributed by atoms with Gasteiger partial charge in [0.1, 0.15) is 12.4 Å². The van der Waals surface area contributed by atoms with Gasteiger partial charge in [0.2, 0.25) is 0 Å². The first-order valence-electron chi connectivity index (χ1n) is 7.13. The number of ether oxygens (including phenoxy) is 2. The molecular formula is C15H22N2O2. The lowest BCUT2D eigenvalue weighted by Crippen LogP contribution is -2.46. The van der Waals surface area contributed by atoms with Crippen molar-refractivity contribution in [2.24, 2.45) is 0 Å². The lowest BCUT2D eigenvalue weighted by molar-refractivity contribution is 0.184. The van der Waals surface area contributed by atoms with Gasteiger partial charge in [-0.3, -0.25) is 4.98 Å². The molecule has 3 rings (SSSR count). The molecule has 2 heterocycles. The Morgan fingerprint density at radius 2 is 2.26 bits per heavy atom. The van der Waals surface area contributed by atoms with E-state index in [2.05, 4.69) is 16.4 Å². The van der Waals surface area contributed by atoms with Crippen LogP contribution < -0.4 is 10.1 Å². The van der Waals surface area contributed by atoms with Crippen LogP contribution in [-0.2, 0) is 10.2 Å². The summed E-state index contributed by atoms with van der Waals surface area (Å²) in [5, 5.41) is 3.34. The highest BCUT2D eigenvalue weighted by atomic mass is 16.5. The Bertz CT molecular complexity index is 428. The molecule has 4 heteroatoms. The highest BCUT2D eigenvalue weighted by Gasteiger charge is 2.44. The van der Waals surface area contributed by atoms with Crippen LogP contribution in [0.2, 0.25) is 0 Å². The topological polar surface area (TPSA) is 43.4 Å². The average Bonchev–Trinajstić information content (AvgIpc) is 3.16. The first-order valence-corrected chi connectivity index (χ1v) is 7.13. The van der Waals surface area contributed by atoms with Gasteiger partial charge in [-0.1, -0.05) is 0 Å². The third-order valence-corrected chi connectivity index (χ3v) is 4.34. The van der Waals surface area contributed by atoms with Crippen LogP contribution in [0.25, 0.3) is 0 Å². The predicted octanol–water partition coefficient (Wildman–Crippen LogP) is 1.89. The lowest BCUT2D eigenvalue weighted by Gasteiger charge is -2.27. The van der Waals surface area contributed by atoms with Gasteiger partial charge in [-0.15, -0.1) is 0 Å². The van der Waals surface area contributed by atoms with E-state index >= 15 is 0 Å². The number of nitrogens with one attached hydrogen (secondary N) is 1. The maximum absolute atomic E-state index is 5.82. The van der Waals surface area contributed by atoms with Crippen molar-refractivity contribution in [2.45, 2.75) is 37.1 Å². The number of nitrogens with zero attached hydrogens (tertiary/aromatic N) is 1. The predicted molar refractivity (Wildman–Crippen MR) is 73.5 cm³/mol. The molecule has 1 saturated heterocycles. The summed E-state index contributed by atoms with van der Waals surface area (Å²) in [4.78, 5) is 4.33. The Kier molecular flexibility index (Phi) is 3.71. The van der Waals surface area contributed by atoms with E-state index in [1.165, 1.54) is 24.8 Å². The number of rotatable bonds is 7. The maximum Gasteiger partial charge on any atom is 0.137 e. The number of hydrogen-bond acceptors (Lipinski definition) is 4. The maximum atomic E-state index is 5.82. The summed E-state index contributed by atoms with van der Waals surface area (Å²) in [6.07, 6.45) is 8.58. The molecule has 1 N–H and O–H groups in total. The SMILES string of the molecule is COCCC1(c2cncc(OC[C@H]3CCN3)c2)CC1. The summed E-state index contributed by atoms with van der Waals surface area (Å²) in [5.41, 5.74) is 1.61. The first-order chi connectivity index (χ1) is 9.32. The molecule has 0 spiro atoms. The zero-order valence-electron chi connectivity index (χ0n) is 11.5. The number of hydrogen-bond donors (Lipinski definition) is 1. The summed E-state index contributed by atoms with van der Waals surface area (Å²) in [6, 6.07) is 2.68. The highest BCUT2D eigenvalue weighted by molar-refractivity contribution is 5.34. The van der Waals surface area contributed by atoms with Crippen LogP contribution in [-0.4, -0.2) is 37.9 Å². The Labute approximate surface area is 114 Å². The Morgan fingerprint density at radius 1 is 1.42 bits per heavy atom. The van der Waals surface area contributed by atoms with Gasteiger partial charge in [-0.05, 0) is 49.3 Å². The number of pyridine rings is 1. The van der Waals surface area contributed by atoms with Gasteiger partial charge < -0.3 is 14.8 Å². The van der Waals surface area contributed by atoms with Crippen molar-refractivity contribution in [3.05, 3.63) is 24.0 Å². The molecule has 1 aliphatic carbocycles. The fourth-order valence-corrected chi connectivity index (χ4v) is 2.61. The highest BCUT2D eigenvalue weighted by Crippen LogP contribution is 2.51. The van der Waals surface area contributed by atoms with Crippen LogP contribution in [0.3, 0.4) is 0 Å². The molecular weight excluding hydrogens is 240 g/mol. The smallest absolute Gasteiger partial charge is 0.137 e. The summed E-state index contributed by atoms with van der Waals surface area (Å²) in [5.74, 6) is 0.898. The molecule has 0 bridgehead atoms. The summed E-state index contributed by atoms with van der Waals surface area (Å²) < 4.78 is 11.0. The van der Waals surface area contributed by atoms with E-state index in [0.29, 0.717) is 11.5 Å². The molecule has 0 radical (unpaired) electrons. The molecule has 2 fully saturated rings. The molecule has 104 valence electrons. The van der Waals surface area contributed by atoms with Crippen LogP contribution in [0.4, 0.5) is 0 Å². The normalized spacial score (nSPS) is 23.7. The largest absolute Gasteiger partial charge is 0.490 e. The van der Waals surface area contributed by atoms with Crippen LogP contribution in [0.15, 0.2) is 18.5 Å². The van der Waals surface area contributed by atoms with Crippen LogP contribution in [0, 0.1) is 0 Å². The lowest BCUT2D eigenvalue weighted by atomic mass is 9.94. The van der Waals surface area contributed by atoms with E-state index < -0.39 is 0 Å². The second-order valence-electron chi connectivity index (χ2n) is 5.68. The van der Waals surface area contributed by atoms with Gasteiger partial charge in [0, 0.05) is 26.0 Å². The molecule has 1 aromatic heterocycles. The van der Waals surface area contributed by atoms with Crippen molar-refractivity contribution >= 4 is 0 Å². The summed E-state index contributed by atoms with van der Waals surface area (Å²) in [6.45, 7) is 2.68. The second-order valence-corrected chi connectivity index (χ2v) is 5.68. The second kappa shape index (κ2) is 5.47. The standard InChI is InChI=1S/C15H22N2O2/c1-18-7-5-15(3-4-15)12-8-14(10-16-9-12)19-11-13-2-6-17-13/h8-10,13,17H,2-7,11H2,1H3/t13-/m1/s1. The number of aromatic nitrogens is 1. The monoisotopic (exact) mass is 262 g/mol. The van der Waals surface area contributed by atoms with Gasteiger partial charge >= 0.3 is 0 Å². The van der Waals surface area contributed by atoms with Gasteiger partial charge in [0.05, 0.1) is 6.20 Å². The Balaban J connectivity index is 1.62. The van der Waals surface area contributed by atoms with Crippen LogP contribution in [0.1, 0.15) is 31.2 Å².